The molecule has 3 rings (SSSR count). The van der Waals surface area contributed by atoms with Crippen molar-refractivity contribution in [1.82, 2.24) is 4.57 Å². The third-order valence-corrected chi connectivity index (χ3v) is 4.72. The number of aliphatic hydroxyl groups excluding tert-OH is 1. The first-order valence-electron chi connectivity index (χ1n) is 9.18. The predicted molar refractivity (Wildman–Crippen MR) is 109 cm³/mol. The fourth-order valence-electron chi connectivity index (χ4n) is 3.20. The smallest absolute Gasteiger partial charge is 0.182 e. The second-order valence-corrected chi connectivity index (χ2v) is 6.78. The van der Waals surface area contributed by atoms with E-state index >= 15 is 0 Å². The lowest BCUT2D eigenvalue weighted by molar-refractivity contribution is 0.154. The van der Waals surface area contributed by atoms with Crippen LogP contribution in [-0.2, 0) is 13.2 Å². The van der Waals surface area contributed by atoms with E-state index in [4.69, 9.17) is 9.47 Å². The highest BCUT2D eigenvalue weighted by Crippen LogP contribution is 2.31. The van der Waals surface area contributed by atoms with E-state index in [0.717, 1.165) is 22.5 Å². The minimum Gasteiger partial charge on any atom is -0.493 e. The number of nitrogens with zero attached hydrogens (tertiary/aromatic N) is 1. The van der Waals surface area contributed by atoms with Crippen LogP contribution in [0.2, 0.25) is 0 Å². The van der Waals surface area contributed by atoms with Gasteiger partial charge in [-0.25, -0.2) is 0 Å². The van der Waals surface area contributed by atoms with Crippen molar-refractivity contribution < 1.29 is 14.6 Å². The lowest BCUT2D eigenvalue weighted by atomic mass is 10.1. The van der Waals surface area contributed by atoms with Crippen LogP contribution in [0, 0.1) is 13.8 Å². The molecule has 0 fully saturated rings. The Morgan fingerprint density at radius 1 is 0.964 bits per heavy atom. The van der Waals surface area contributed by atoms with Gasteiger partial charge in [0.15, 0.2) is 16.9 Å². The summed E-state index contributed by atoms with van der Waals surface area (Å²) in [5.74, 6) is 1.19. The number of aliphatic hydroxyl groups is 1. The Labute approximate surface area is 164 Å². The highest BCUT2D eigenvalue weighted by molar-refractivity contribution is 5.43. The molecule has 5 nitrogen and oxygen atoms in total. The first-order valence-corrected chi connectivity index (χ1v) is 9.18. The molecule has 0 amide bonds. The van der Waals surface area contributed by atoms with E-state index in [0.29, 0.717) is 24.7 Å². The summed E-state index contributed by atoms with van der Waals surface area (Å²) in [5, 5.41) is 10.8. The minimum absolute atomic E-state index is 0.0261. The Balaban J connectivity index is 1.81. The van der Waals surface area contributed by atoms with E-state index in [-0.39, 0.29) is 5.43 Å². The molecule has 146 valence electrons. The molecule has 3 aromatic rings. The molecule has 1 aromatic heterocycles. The Hall–Kier alpha value is -3.05. The maximum absolute atomic E-state index is 11.6. The molecular weight excluding hydrogens is 354 g/mol. The van der Waals surface area contributed by atoms with E-state index in [2.05, 4.69) is 0 Å². The van der Waals surface area contributed by atoms with Gasteiger partial charge in [0.25, 0.3) is 0 Å². The predicted octanol–water partition coefficient (Wildman–Crippen LogP) is 3.79. The number of aromatic nitrogens is 1. The third kappa shape index (κ3) is 4.61. The lowest BCUT2D eigenvalue weighted by Crippen LogP contribution is -2.17. The number of methoxy groups -OCH3 is 1. The normalized spacial score (nSPS) is 11.9. The number of rotatable bonds is 7. The van der Waals surface area contributed by atoms with Crippen molar-refractivity contribution in [2.24, 2.45) is 0 Å². The van der Waals surface area contributed by atoms with Gasteiger partial charge in [0.05, 0.1) is 19.8 Å². The maximum atomic E-state index is 11.6. The van der Waals surface area contributed by atoms with Gasteiger partial charge < -0.3 is 19.1 Å². The van der Waals surface area contributed by atoms with Crippen molar-refractivity contribution in [2.45, 2.75) is 33.1 Å². The van der Waals surface area contributed by atoms with Crippen LogP contribution >= 0.6 is 0 Å². The van der Waals surface area contributed by atoms with Crippen LogP contribution in [0.15, 0.2) is 65.5 Å². The summed E-state index contributed by atoms with van der Waals surface area (Å²) in [6.07, 6.45) is -0.745. The second kappa shape index (κ2) is 8.76. The zero-order chi connectivity index (χ0) is 20.1. The lowest BCUT2D eigenvalue weighted by Gasteiger charge is -2.20. The van der Waals surface area contributed by atoms with Gasteiger partial charge in [-0.3, -0.25) is 4.79 Å². The Morgan fingerprint density at radius 3 is 2.29 bits per heavy atom. The molecule has 1 N–H and O–H groups in total. The molecule has 0 aliphatic rings. The first kappa shape index (κ1) is 19.7. The fourth-order valence-corrected chi connectivity index (χ4v) is 3.20. The van der Waals surface area contributed by atoms with E-state index in [9.17, 15) is 9.90 Å². The molecule has 28 heavy (non-hydrogen) atoms. The molecule has 0 aliphatic carbocycles. The number of pyridine rings is 1. The van der Waals surface area contributed by atoms with Crippen LogP contribution in [0.5, 0.6) is 11.5 Å². The van der Waals surface area contributed by atoms with Gasteiger partial charge in [-0.05, 0) is 37.1 Å². The molecule has 0 saturated heterocycles. The van der Waals surface area contributed by atoms with Gasteiger partial charge in [-0.15, -0.1) is 0 Å². The standard InChI is InChI=1S/C23H25NO4/c1-16-11-20(25)12-17(2)24(16)14-21(26)19-9-10-22(27-3)23(13-19)28-15-18-7-5-4-6-8-18/h4-13,21,26H,14-15H2,1-3H3. The molecule has 0 aliphatic heterocycles. The van der Waals surface area contributed by atoms with E-state index in [1.165, 1.54) is 0 Å². The molecular formula is C23H25NO4. The van der Waals surface area contributed by atoms with Gasteiger partial charge in [-0.1, -0.05) is 36.4 Å². The van der Waals surface area contributed by atoms with Gasteiger partial charge in [-0.2, -0.15) is 0 Å². The van der Waals surface area contributed by atoms with Crippen LogP contribution in [0.4, 0.5) is 0 Å². The second-order valence-electron chi connectivity index (χ2n) is 6.78. The number of ether oxygens (including phenoxy) is 2. The van der Waals surface area contributed by atoms with Crippen LogP contribution in [0.3, 0.4) is 0 Å². The van der Waals surface area contributed by atoms with Crippen molar-refractivity contribution in [2.75, 3.05) is 7.11 Å². The molecule has 1 unspecified atom stereocenters. The molecule has 0 spiro atoms. The number of hydrogen-bond donors (Lipinski definition) is 1. The molecule has 1 heterocycles. The number of aryl methyl sites for hydroxylation is 2. The van der Waals surface area contributed by atoms with Gasteiger partial charge in [0, 0.05) is 23.5 Å². The highest BCUT2D eigenvalue weighted by atomic mass is 16.5. The Kier molecular flexibility index (Phi) is 6.16. The zero-order valence-electron chi connectivity index (χ0n) is 16.4. The molecule has 0 radical (unpaired) electrons. The van der Waals surface area contributed by atoms with E-state index in [1.54, 1.807) is 31.4 Å². The van der Waals surface area contributed by atoms with Crippen LogP contribution < -0.4 is 14.9 Å². The van der Waals surface area contributed by atoms with Gasteiger partial charge in [0.1, 0.15) is 6.61 Å². The van der Waals surface area contributed by atoms with Crippen molar-refractivity contribution in [3.63, 3.8) is 0 Å². The average Bonchev–Trinajstić information content (AvgIpc) is 2.69. The Bertz CT molecular complexity index is 969. The molecule has 5 heteroatoms. The van der Waals surface area contributed by atoms with Crippen LogP contribution in [0.25, 0.3) is 0 Å². The van der Waals surface area contributed by atoms with E-state index in [1.807, 2.05) is 54.8 Å². The Morgan fingerprint density at radius 2 is 1.64 bits per heavy atom. The fraction of sp³-hybridized carbons (Fsp3) is 0.261. The van der Waals surface area contributed by atoms with Gasteiger partial charge in [0.2, 0.25) is 0 Å². The summed E-state index contributed by atoms with van der Waals surface area (Å²) in [6.45, 7) is 4.49. The molecule has 0 bridgehead atoms. The first-order chi connectivity index (χ1) is 13.5. The zero-order valence-corrected chi connectivity index (χ0v) is 16.4. The molecule has 0 saturated carbocycles. The average molecular weight is 379 g/mol. The van der Waals surface area contributed by atoms with Crippen LogP contribution in [0.1, 0.15) is 28.6 Å². The topological polar surface area (TPSA) is 60.7 Å². The maximum Gasteiger partial charge on any atom is 0.182 e. The van der Waals surface area contributed by atoms with Crippen LogP contribution in [-0.4, -0.2) is 16.8 Å². The molecule has 1 atom stereocenters. The minimum atomic E-state index is -0.745. The SMILES string of the molecule is COc1ccc(C(O)Cn2c(C)cc(=O)cc2C)cc1OCc1ccccc1. The number of hydrogen-bond acceptors (Lipinski definition) is 4. The summed E-state index contributed by atoms with van der Waals surface area (Å²) in [5.41, 5.74) is 3.38. The summed E-state index contributed by atoms with van der Waals surface area (Å²) < 4.78 is 13.3. The summed E-state index contributed by atoms with van der Waals surface area (Å²) in [4.78, 5) is 11.6. The third-order valence-electron chi connectivity index (χ3n) is 4.72. The van der Waals surface area contributed by atoms with Crippen molar-refractivity contribution in [3.8, 4) is 11.5 Å². The van der Waals surface area contributed by atoms with Crippen molar-refractivity contribution in [3.05, 3.63) is 93.4 Å². The monoisotopic (exact) mass is 379 g/mol. The molecule has 2 aromatic carbocycles. The summed E-state index contributed by atoms with van der Waals surface area (Å²) >= 11 is 0. The van der Waals surface area contributed by atoms with Crippen molar-refractivity contribution in [1.29, 1.82) is 0 Å². The highest BCUT2D eigenvalue weighted by Gasteiger charge is 2.14. The largest absolute Gasteiger partial charge is 0.493 e. The van der Waals surface area contributed by atoms with E-state index < -0.39 is 6.10 Å². The quantitative estimate of drug-likeness (QED) is 0.679. The summed E-state index contributed by atoms with van der Waals surface area (Å²) in [7, 11) is 1.59. The number of benzene rings is 2. The van der Waals surface area contributed by atoms with Crippen molar-refractivity contribution >= 4 is 0 Å². The van der Waals surface area contributed by atoms with Gasteiger partial charge >= 0.3 is 0 Å². The summed E-state index contributed by atoms with van der Waals surface area (Å²) in [6, 6.07) is 18.4.